The summed E-state index contributed by atoms with van der Waals surface area (Å²) in [4.78, 5) is 0. The highest BCUT2D eigenvalue weighted by Crippen LogP contribution is 2.24. The van der Waals surface area contributed by atoms with Crippen LogP contribution in [0.1, 0.15) is 40.5 Å². The lowest BCUT2D eigenvalue weighted by atomic mass is 9.81. The molecule has 2 fully saturated rings. The Bertz CT molecular complexity index is 105. The first kappa shape index (κ1) is 13.9. The summed E-state index contributed by atoms with van der Waals surface area (Å²) in [6, 6.07) is 0. The van der Waals surface area contributed by atoms with E-state index in [0.29, 0.717) is 0 Å². The van der Waals surface area contributed by atoms with Gasteiger partial charge in [-0.05, 0) is 50.9 Å². The molecular weight excluding hydrogens is 172 g/mol. The molecule has 0 aliphatic carbocycles. The van der Waals surface area contributed by atoms with Crippen LogP contribution in [-0.4, -0.2) is 26.2 Å². The molecule has 14 heavy (non-hydrogen) atoms. The van der Waals surface area contributed by atoms with Gasteiger partial charge in [-0.2, -0.15) is 0 Å². The van der Waals surface area contributed by atoms with Crippen molar-refractivity contribution in [1.29, 1.82) is 0 Å². The molecule has 0 saturated carbocycles. The van der Waals surface area contributed by atoms with Gasteiger partial charge in [-0.15, -0.1) is 0 Å². The van der Waals surface area contributed by atoms with Gasteiger partial charge in [0.2, 0.25) is 0 Å². The van der Waals surface area contributed by atoms with Gasteiger partial charge in [0.25, 0.3) is 0 Å². The van der Waals surface area contributed by atoms with Gasteiger partial charge in [0.1, 0.15) is 0 Å². The Morgan fingerprint density at radius 1 is 0.714 bits per heavy atom. The zero-order valence-electron chi connectivity index (χ0n) is 10.4. The first-order valence-corrected chi connectivity index (χ1v) is 6.38. The molecule has 0 spiro atoms. The van der Waals surface area contributed by atoms with Gasteiger partial charge >= 0.3 is 0 Å². The van der Waals surface area contributed by atoms with Crippen LogP contribution in [0.4, 0.5) is 0 Å². The van der Waals surface area contributed by atoms with Crippen LogP contribution in [0.2, 0.25) is 0 Å². The van der Waals surface area contributed by atoms with Crippen molar-refractivity contribution in [2.24, 2.45) is 11.8 Å². The Balaban J connectivity index is 0.000000379. The predicted octanol–water partition coefficient (Wildman–Crippen LogP) is 2.26. The highest BCUT2D eigenvalue weighted by molar-refractivity contribution is 4.84. The molecule has 0 aromatic carbocycles. The molecule has 2 nitrogen and oxygen atoms in total. The van der Waals surface area contributed by atoms with E-state index in [1.165, 1.54) is 39.0 Å². The third kappa shape index (κ3) is 4.43. The quantitative estimate of drug-likeness (QED) is 0.678. The zero-order valence-corrected chi connectivity index (χ0v) is 10.4. The number of hydrogen-bond donors (Lipinski definition) is 2. The summed E-state index contributed by atoms with van der Waals surface area (Å²) >= 11 is 0. The average Bonchev–Trinajstić information content (AvgIpc) is 2.23. The molecule has 2 heterocycles. The fraction of sp³-hybridized carbons (Fsp3) is 1.00. The van der Waals surface area contributed by atoms with Crippen molar-refractivity contribution in [2.45, 2.75) is 40.5 Å². The number of hydrogen-bond acceptors (Lipinski definition) is 2. The lowest BCUT2D eigenvalue weighted by Gasteiger charge is -2.37. The monoisotopic (exact) mass is 200 g/mol. The van der Waals surface area contributed by atoms with E-state index < -0.39 is 0 Å². The van der Waals surface area contributed by atoms with E-state index >= 15 is 0 Å². The van der Waals surface area contributed by atoms with Crippen LogP contribution in [0.3, 0.4) is 0 Å². The molecule has 2 heteroatoms. The van der Waals surface area contributed by atoms with Crippen LogP contribution in [0.25, 0.3) is 0 Å². The molecule has 2 N–H and O–H groups in total. The van der Waals surface area contributed by atoms with E-state index in [-0.39, 0.29) is 0 Å². The first-order valence-electron chi connectivity index (χ1n) is 6.38. The summed E-state index contributed by atoms with van der Waals surface area (Å²) in [5.41, 5.74) is 0. The first-order chi connectivity index (χ1) is 6.97. The van der Waals surface area contributed by atoms with Crippen molar-refractivity contribution in [1.82, 2.24) is 10.6 Å². The Morgan fingerprint density at radius 3 is 1.57 bits per heavy atom. The fourth-order valence-electron chi connectivity index (χ4n) is 1.96. The van der Waals surface area contributed by atoms with E-state index in [9.17, 15) is 0 Å². The molecular formula is C12H28N2. The zero-order chi connectivity index (χ0) is 10.8. The Hall–Kier alpha value is -0.0800. The van der Waals surface area contributed by atoms with Crippen LogP contribution in [0.5, 0.6) is 0 Å². The summed E-state index contributed by atoms with van der Waals surface area (Å²) in [6.07, 6.45) is 2.82. The second kappa shape index (κ2) is 9.47. The molecule has 2 aliphatic heterocycles. The molecule has 0 aromatic rings. The predicted molar refractivity (Wildman–Crippen MR) is 64.6 cm³/mol. The Kier molecular flexibility index (Phi) is 9.42. The van der Waals surface area contributed by atoms with Gasteiger partial charge < -0.3 is 10.6 Å². The van der Waals surface area contributed by atoms with Crippen molar-refractivity contribution in [3.63, 3.8) is 0 Å². The molecule has 86 valence electrons. The molecule has 2 aliphatic rings. The average molecular weight is 200 g/mol. The van der Waals surface area contributed by atoms with E-state index in [1.807, 2.05) is 27.7 Å². The van der Waals surface area contributed by atoms with Gasteiger partial charge in [0, 0.05) is 0 Å². The number of rotatable bonds is 1. The molecule has 0 bridgehead atoms. The van der Waals surface area contributed by atoms with E-state index in [2.05, 4.69) is 10.6 Å². The highest BCUT2D eigenvalue weighted by atomic mass is 15.0. The molecule has 0 amide bonds. The van der Waals surface area contributed by atoms with Crippen LogP contribution < -0.4 is 10.6 Å². The molecule has 0 unspecified atom stereocenters. The SMILES string of the molecule is C1CC(C2CNC2)CCN1.CC.CC. The van der Waals surface area contributed by atoms with E-state index in [0.717, 1.165) is 11.8 Å². The minimum Gasteiger partial charge on any atom is -0.317 e. The van der Waals surface area contributed by atoms with Gasteiger partial charge in [-0.1, -0.05) is 27.7 Å². The third-order valence-corrected chi connectivity index (χ3v) is 2.86. The van der Waals surface area contributed by atoms with E-state index in [1.54, 1.807) is 0 Å². The lowest BCUT2D eigenvalue weighted by Crippen LogP contribution is -2.48. The minimum absolute atomic E-state index is 1.02. The second-order valence-corrected chi connectivity index (χ2v) is 3.51. The summed E-state index contributed by atoms with van der Waals surface area (Å²) in [5.74, 6) is 2.05. The van der Waals surface area contributed by atoms with Gasteiger partial charge in [-0.3, -0.25) is 0 Å². The second-order valence-electron chi connectivity index (χ2n) is 3.51. The van der Waals surface area contributed by atoms with Crippen LogP contribution in [0.15, 0.2) is 0 Å². The van der Waals surface area contributed by atoms with Crippen LogP contribution >= 0.6 is 0 Å². The molecule has 2 saturated heterocycles. The third-order valence-electron chi connectivity index (χ3n) is 2.86. The summed E-state index contributed by atoms with van der Waals surface area (Å²) in [5, 5.41) is 6.74. The highest BCUT2D eigenvalue weighted by Gasteiger charge is 2.27. The molecule has 0 atom stereocenters. The van der Waals surface area contributed by atoms with E-state index in [4.69, 9.17) is 0 Å². The topological polar surface area (TPSA) is 24.1 Å². The molecule has 0 aromatic heterocycles. The summed E-state index contributed by atoms with van der Waals surface area (Å²) < 4.78 is 0. The van der Waals surface area contributed by atoms with Crippen molar-refractivity contribution < 1.29 is 0 Å². The maximum atomic E-state index is 3.40. The summed E-state index contributed by atoms with van der Waals surface area (Å²) in [7, 11) is 0. The van der Waals surface area contributed by atoms with Crippen LogP contribution in [-0.2, 0) is 0 Å². The number of piperidine rings is 1. The van der Waals surface area contributed by atoms with Crippen molar-refractivity contribution in [2.75, 3.05) is 26.2 Å². The maximum absolute atomic E-state index is 3.40. The minimum atomic E-state index is 1.02. The number of nitrogens with one attached hydrogen (secondary N) is 2. The largest absolute Gasteiger partial charge is 0.317 e. The maximum Gasteiger partial charge on any atom is -0.000558 e. The van der Waals surface area contributed by atoms with Crippen LogP contribution in [0, 0.1) is 11.8 Å². The lowest BCUT2D eigenvalue weighted by molar-refractivity contribution is 0.191. The van der Waals surface area contributed by atoms with Crippen molar-refractivity contribution in [3.8, 4) is 0 Å². The smallest absolute Gasteiger partial charge is 0.000558 e. The van der Waals surface area contributed by atoms with Gasteiger partial charge in [0.05, 0.1) is 0 Å². The standard InChI is InChI=1S/C8H16N2.2C2H6/c1-3-9-4-2-7(1)8-5-10-6-8;2*1-2/h7-10H,1-6H2;2*1-2H3. The molecule has 0 radical (unpaired) electrons. The normalized spacial score (nSPS) is 22.3. The van der Waals surface area contributed by atoms with Crippen molar-refractivity contribution >= 4 is 0 Å². The molecule has 2 rings (SSSR count). The fourth-order valence-corrected chi connectivity index (χ4v) is 1.96. The summed E-state index contributed by atoms with van der Waals surface area (Å²) in [6.45, 7) is 13.1. The van der Waals surface area contributed by atoms with Gasteiger partial charge in [0.15, 0.2) is 0 Å². The Labute approximate surface area is 89.9 Å². The van der Waals surface area contributed by atoms with Gasteiger partial charge in [-0.25, -0.2) is 0 Å². The van der Waals surface area contributed by atoms with Crippen molar-refractivity contribution in [3.05, 3.63) is 0 Å². The Morgan fingerprint density at radius 2 is 1.21 bits per heavy atom.